The number of aromatic nitrogens is 1. The molecule has 0 bridgehead atoms. The molecule has 2 aromatic carbocycles. The van der Waals surface area contributed by atoms with Crippen LogP contribution in [0.5, 0.6) is 5.75 Å². The van der Waals surface area contributed by atoms with E-state index >= 15 is 0 Å². The van der Waals surface area contributed by atoms with Crippen LogP contribution >= 0.6 is 0 Å². The summed E-state index contributed by atoms with van der Waals surface area (Å²) in [4.78, 5) is 19.0. The van der Waals surface area contributed by atoms with E-state index in [1.807, 2.05) is 32.0 Å². The van der Waals surface area contributed by atoms with Gasteiger partial charge < -0.3 is 14.6 Å². The third kappa shape index (κ3) is 3.71. The van der Waals surface area contributed by atoms with Gasteiger partial charge in [0.05, 0.1) is 5.56 Å². The third-order valence-electron chi connectivity index (χ3n) is 6.64. The van der Waals surface area contributed by atoms with E-state index in [9.17, 15) is 13.6 Å². The first-order chi connectivity index (χ1) is 15.1. The summed E-state index contributed by atoms with van der Waals surface area (Å²) < 4.78 is 33.7. The molecule has 1 aliphatic rings. The molecule has 0 radical (unpaired) electrons. The normalized spacial score (nSPS) is 15.2. The number of carbonyl (C=O) groups is 1. The number of ketones is 1. The molecule has 4 rings (SSSR count). The lowest BCUT2D eigenvalue weighted by molar-refractivity contribution is 0.0176. The Hall–Kier alpha value is -2.73. The third-order valence-corrected chi connectivity index (χ3v) is 6.64. The molecule has 0 atom stereocenters. The van der Waals surface area contributed by atoms with Crippen LogP contribution < -0.4 is 4.74 Å². The number of rotatable bonds is 7. The van der Waals surface area contributed by atoms with Crippen LogP contribution in [0.25, 0.3) is 10.9 Å². The fraction of sp³-hybridized carbons (Fsp3) is 0.423. The minimum atomic E-state index is -2.94. The first kappa shape index (κ1) is 22.5. The maximum atomic E-state index is 13.9. The van der Waals surface area contributed by atoms with Crippen LogP contribution in [0.2, 0.25) is 0 Å². The standard InChI is InChI=1S/C26H30F2N2O2/c1-6-30(7-2)12-13-32-17-9-11-18-20(15-17)25(3,4)24-22(23(18)31)19-10-8-16(26(5,27)28)14-21(19)29-24/h8-11,14-15,29H,6-7,12-13H2,1-5H3. The molecule has 0 fully saturated rings. The molecule has 0 saturated heterocycles. The Labute approximate surface area is 187 Å². The first-order valence-electron chi connectivity index (χ1n) is 11.2. The number of benzene rings is 2. The maximum absolute atomic E-state index is 13.9. The number of aromatic amines is 1. The predicted molar refractivity (Wildman–Crippen MR) is 123 cm³/mol. The number of nitrogens with one attached hydrogen (secondary N) is 1. The highest BCUT2D eigenvalue weighted by Crippen LogP contribution is 2.45. The van der Waals surface area contributed by atoms with E-state index in [0.29, 0.717) is 28.6 Å². The summed E-state index contributed by atoms with van der Waals surface area (Å²) in [6, 6.07) is 10.1. The molecule has 3 aromatic rings. The van der Waals surface area contributed by atoms with Crippen molar-refractivity contribution in [3.63, 3.8) is 0 Å². The van der Waals surface area contributed by atoms with Gasteiger partial charge in [-0.05, 0) is 42.9 Å². The number of fused-ring (bicyclic) bond motifs is 4. The SMILES string of the molecule is CCN(CC)CCOc1ccc2c(c1)C(C)(C)c1[nH]c3cc(C(C)(F)F)ccc3c1C2=O. The summed E-state index contributed by atoms with van der Waals surface area (Å²) in [7, 11) is 0. The van der Waals surface area contributed by atoms with Crippen LogP contribution in [0.15, 0.2) is 36.4 Å². The molecule has 1 heterocycles. The molecule has 6 heteroatoms. The topological polar surface area (TPSA) is 45.3 Å². The Bertz CT molecular complexity index is 1170. The van der Waals surface area contributed by atoms with Crippen molar-refractivity contribution in [3.8, 4) is 5.75 Å². The minimum absolute atomic E-state index is 0.0738. The van der Waals surface area contributed by atoms with E-state index in [-0.39, 0.29) is 11.3 Å². The highest BCUT2D eigenvalue weighted by Gasteiger charge is 2.40. The molecular formula is C26H30F2N2O2. The van der Waals surface area contributed by atoms with Crippen molar-refractivity contribution < 1.29 is 18.3 Å². The van der Waals surface area contributed by atoms with Gasteiger partial charge in [-0.1, -0.05) is 39.8 Å². The average Bonchev–Trinajstić information content (AvgIpc) is 3.15. The second kappa shape index (κ2) is 8.00. The van der Waals surface area contributed by atoms with Gasteiger partial charge in [0.25, 0.3) is 5.92 Å². The van der Waals surface area contributed by atoms with Crippen LogP contribution in [-0.4, -0.2) is 41.9 Å². The number of likely N-dealkylation sites (N-methyl/N-ethyl adjacent to an activating group) is 1. The van der Waals surface area contributed by atoms with E-state index in [0.717, 1.165) is 43.6 Å². The number of hydrogen-bond donors (Lipinski definition) is 1. The number of nitrogens with zero attached hydrogens (tertiary/aromatic N) is 1. The monoisotopic (exact) mass is 440 g/mol. The molecule has 1 aliphatic carbocycles. The van der Waals surface area contributed by atoms with Crippen molar-refractivity contribution in [2.24, 2.45) is 0 Å². The van der Waals surface area contributed by atoms with Gasteiger partial charge in [0.15, 0.2) is 5.78 Å². The molecule has 1 N–H and O–H groups in total. The number of halogens is 2. The summed E-state index contributed by atoms with van der Waals surface area (Å²) in [5, 5.41) is 0.677. The Morgan fingerprint density at radius 2 is 1.81 bits per heavy atom. The quantitative estimate of drug-likeness (QED) is 0.500. The second-order valence-corrected chi connectivity index (χ2v) is 9.06. The molecule has 0 unspecified atom stereocenters. The van der Waals surface area contributed by atoms with E-state index in [4.69, 9.17) is 4.74 Å². The molecule has 0 aliphatic heterocycles. The largest absolute Gasteiger partial charge is 0.492 e. The van der Waals surface area contributed by atoms with Gasteiger partial charge in [0, 0.05) is 46.6 Å². The van der Waals surface area contributed by atoms with E-state index in [1.165, 1.54) is 12.1 Å². The van der Waals surface area contributed by atoms with Crippen LogP contribution in [0.1, 0.15) is 67.4 Å². The predicted octanol–water partition coefficient (Wildman–Crippen LogP) is 5.87. The van der Waals surface area contributed by atoms with Gasteiger partial charge in [-0.3, -0.25) is 4.79 Å². The smallest absolute Gasteiger partial charge is 0.270 e. The Morgan fingerprint density at radius 1 is 1.09 bits per heavy atom. The zero-order valence-electron chi connectivity index (χ0n) is 19.3. The fourth-order valence-electron chi connectivity index (χ4n) is 4.61. The summed E-state index contributed by atoms with van der Waals surface area (Å²) in [6.07, 6.45) is 0. The zero-order valence-corrected chi connectivity index (χ0v) is 19.3. The highest BCUT2D eigenvalue weighted by atomic mass is 19.3. The molecule has 170 valence electrons. The zero-order chi connectivity index (χ0) is 23.3. The van der Waals surface area contributed by atoms with Gasteiger partial charge in [0.2, 0.25) is 0 Å². The van der Waals surface area contributed by atoms with Crippen molar-refractivity contribution >= 4 is 16.7 Å². The lowest BCUT2D eigenvalue weighted by Crippen LogP contribution is -2.30. The van der Waals surface area contributed by atoms with Gasteiger partial charge in [-0.25, -0.2) is 8.78 Å². The van der Waals surface area contributed by atoms with Crippen molar-refractivity contribution in [2.45, 2.75) is 46.0 Å². The van der Waals surface area contributed by atoms with E-state index in [2.05, 4.69) is 23.7 Å². The number of carbonyl (C=O) groups excluding carboxylic acids is 1. The summed E-state index contributed by atoms with van der Waals surface area (Å²) in [5.41, 5.74) is 2.80. The van der Waals surface area contributed by atoms with Crippen LogP contribution in [0, 0.1) is 0 Å². The van der Waals surface area contributed by atoms with Gasteiger partial charge in [0.1, 0.15) is 12.4 Å². The van der Waals surface area contributed by atoms with Gasteiger partial charge in [-0.15, -0.1) is 0 Å². The van der Waals surface area contributed by atoms with Crippen molar-refractivity contribution in [2.75, 3.05) is 26.2 Å². The lowest BCUT2D eigenvalue weighted by atomic mass is 9.71. The Morgan fingerprint density at radius 3 is 2.47 bits per heavy atom. The number of ether oxygens (including phenoxy) is 1. The molecule has 0 spiro atoms. The van der Waals surface area contributed by atoms with E-state index < -0.39 is 11.3 Å². The molecule has 0 amide bonds. The Kier molecular flexibility index (Phi) is 5.61. The molecular weight excluding hydrogens is 410 g/mol. The summed E-state index contributed by atoms with van der Waals surface area (Å²) in [5.74, 6) is -2.31. The van der Waals surface area contributed by atoms with Crippen LogP contribution in [0.4, 0.5) is 8.78 Å². The van der Waals surface area contributed by atoms with Crippen LogP contribution in [-0.2, 0) is 11.3 Å². The van der Waals surface area contributed by atoms with Gasteiger partial charge in [-0.2, -0.15) is 0 Å². The number of alkyl halides is 2. The second-order valence-electron chi connectivity index (χ2n) is 9.06. The highest BCUT2D eigenvalue weighted by molar-refractivity contribution is 6.20. The average molecular weight is 441 g/mol. The number of H-pyrrole nitrogens is 1. The first-order valence-corrected chi connectivity index (χ1v) is 11.2. The Balaban J connectivity index is 1.72. The molecule has 0 saturated carbocycles. The van der Waals surface area contributed by atoms with Crippen molar-refractivity contribution in [1.82, 2.24) is 9.88 Å². The summed E-state index contributed by atoms with van der Waals surface area (Å²) >= 11 is 0. The van der Waals surface area contributed by atoms with Crippen molar-refractivity contribution in [1.29, 1.82) is 0 Å². The molecule has 4 nitrogen and oxygen atoms in total. The van der Waals surface area contributed by atoms with Crippen LogP contribution in [0.3, 0.4) is 0 Å². The molecule has 1 aromatic heterocycles. The number of hydrogen-bond acceptors (Lipinski definition) is 3. The fourth-order valence-corrected chi connectivity index (χ4v) is 4.61. The van der Waals surface area contributed by atoms with Gasteiger partial charge >= 0.3 is 0 Å². The molecule has 32 heavy (non-hydrogen) atoms. The minimum Gasteiger partial charge on any atom is -0.492 e. The van der Waals surface area contributed by atoms with Crippen molar-refractivity contribution in [3.05, 3.63) is 64.3 Å². The summed E-state index contributed by atoms with van der Waals surface area (Å²) in [6.45, 7) is 12.6. The van der Waals surface area contributed by atoms with E-state index in [1.54, 1.807) is 6.07 Å². The maximum Gasteiger partial charge on any atom is 0.270 e. The lowest BCUT2D eigenvalue weighted by Gasteiger charge is -2.32.